The Hall–Kier alpha value is -3.71. The first kappa shape index (κ1) is 23.9. The lowest BCUT2D eigenvalue weighted by molar-refractivity contribution is -0.141. The van der Waals surface area contributed by atoms with Crippen LogP contribution in [0.4, 0.5) is 0 Å². The molecule has 0 spiro atoms. The molecule has 1 amide bonds. The fraction of sp³-hybridized carbons (Fsp3) is 0.192. The molecule has 0 fully saturated rings. The van der Waals surface area contributed by atoms with Gasteiger partial charge < -0.3 is 10.0 Å². The van der Waals surface area contributed by atoms with Gasteiger partial charge in [0.05, 0.1) is 17.0 Å². The molecule has 4 aromatic rings. The molecule has 0 saturated heterocycles. The molecule has 2 aromatic carbocycles. The number of nitrogens with zero attached hydrogens (tertiary/aromatic N) is 3. The van der Waals surface area contributed by atoms with Crippen LogP contribution >= 0.6 is 11.3 Å². The van der Waals surface area contributed by atoms with E-state index in [0.717, 1.165) is 27.4 Å². The monoisotopic (exact) mass is 461 g/mol. The smallest absolute Gasteiger partial charge is 0.303 e. The zero-order valence-electron chi connectivity index (χ0n) is 17.4. The van der Waals surface area contributed by atoms with Crippen LogP contribution in [0, 0.1) is 0 Å². The van der Waals surface area contributed by atoms with Gasteiger partial charge in [-0.2, -0.15) is 5.10 Å². The minimum absolute atomic E-state index is 0. The van der Waals surface area contributed by atoms with Crippen molar-refractivity contribution in [2.45, 2.75) is 33.4 Å². The van der Waals surface area contributed by atoms with E-state index in [4.69, 9.17) is 10.2 Å². The standard InChI is InChI=1S/C25H23N3O3S.CH4/c29-23(13-14-24(30)31)27(16-19-8-3-1-4-9-19)17-20-18-28(21-10-5-2-6-11-21)26-25(20)22-12-7-15-32-22;/h1-12,15,18H,13-14,16-17H2,(H,30,31);1H4. The van der Waals surface area contributed by atoms with E-state index in [1.807, 2.05) is 89.1 Å². The van der Waals surface area contributed by atoms with Gasteiger partial charge in [-0.3, -0.25) is 9.59 Å². The van der Waals surface area contributed by atoms with E-state index in [0.29, 0.717) is 13.1 Å². The van der Waals surface area contributed by atoms with Gasteiger partial charge in [-0.25, -0.2) is 4.68 Å². The van der Waals surface area contributed by atoms with Crippen molar-refractivity contribution in [3.05, 3.63) is 95.5 Å². The van der Waals surface area contributed by atoms with Gasteiger partial charge in [0, 0.05) is 31.3 Å². The normalized spacial score (nSPS) is 10.4. The molecule has 6 nitrogen and oxygen atoms in total. The number of carbonyl (C=O) groups excluding carboxylic acids is 1. The first-order valence-corrected chi connectivity index (χ1v) is 11.2. The number of carbonyl (C=O) groups is 2. The van der Waals surface area contributed by atoms with E-state index >= 15 is 0 Å². The van der Waals surface area contributed by atoms with Crippen LogP contribution in [-0.4, -0.2) is 31.7 Å². The van der Waals surface area contributed by atoms with E-state index in [1.165, 1.54) is 0 Å². The van der Waals surface area contributed by atoms with Crippen LogP contribution in [0.1, 0.15) is 31.4 Å². The second kappa shape index (κ2) is 11.2. The lowest BCUT2D eigenvalue weighted by Crippen LogP contribution is -2.30. The quantitative estimate of drug-likeness (QED) is 0.350. The second-order valence-corrected chi connectivity index (χ2v) is 8.34. The van der Waals surface area contributed by atoms with Crippen LogP contribution in [0.25, 0.3) is 16.3 Å². The highest BCUT2D eigenvalue weighted by Crippen LogP contribution is 2.29. The molecule has 0 atom stereocenters. The number of rotatable bonds is 9. The third-order valence-corrected chi connectivity index (χ3v) is 5.92. The first-order valence-electron chi connectivity index (χ1n) is 10.3. The van der Waals surface area contributed by atoms with E-state index in [-0.39, 0.29) is 26.2 Å². The summed E-state index contributed by atoms with van der Waals surface area (Å²) in [6.07, 6.45) is 1.72. The summed E-state index contributed by atoms with van der Waals surface area (Å²) in [5, 5.41) is 15.9. The van der Waals surface area contributed by atoms with Crippen molar-refractivity contribution in [3.63, 3.8) is 0 Å². The lowest BCUT2D eigenvalue weighted by Gasteiger charge is -2.23. The van der Waals surface area contributed by atoms with Gasteiger partial charge in [0.15, 0.2) is 0 Å². The summed E-state index contributed by atoms with van der Waals surface area (Å²) in [4.78, 5) is 26.7. The van der Waals surface area contributed by atoms with Gasteiger partial charge >= 0.3 is 5.97 Å². The number of hydrogen-bond acceptors (Lipinski definition) is 4. The Kier molecular flexibility index (Phi) is 8.16. The molecule has 7 heteroatoms. The number of aliphatic carboxylic acids is 1. The molecule has 0 aliphatic carbocycles. The van der Waals surface area contributed by atoms with Crippen molar-refractivity contribution in [2.24, 2.45) is 0 Å². The SMILES string of the molecule is C.O=C(O)CCC(=O)N(Cc1ccccc1)Cc1cn(-c2ccccc2)nc1-c1cccs1. The summed E-state index contributed by atoms with van der Waals surface area (Å²) in [6.45, 7) is 0.743. The summed E-state index contributed by atoms with van der Waals surface area (Å²) >= 11 is 1.60. The average molecular weight is 462 g/mol. The van der Waals surface area contributed by atoms with Crippen LogP contribution < -0.4 is 0 Å². The average Bonchev–Trinajstić information content (AvgIpc) is 3.48. The molecule has 0 aliphatic heterocycles. The fourth-order valence-electron chi connectivity index (χ4n) is 3.47. The van der Waals surface area contributed by atoms with Gasteiger partial charge in [-0.1, -0.05) is 62.0 Å². The zero-order chi connectivity index (χ0) is 22.3. The molecular formula is C26H27N3O3S. The van der Waals surface area contributed by atoms with Crippen LogP contribution in [0.2, 0.25) is 0 Å². The van der Waals surface area contributed by atoms with Crippen LogP contribution in [0.5, 0.6) is 0 Å². The first-order chi connectivity index (χ1) is 15.6. The molecule has 0 aliphatic rings. The van der Waals surface area contributed by atoms with E-state index in [1.54, 1.807) is 16.2 Å². The van der Waals surface area contributed by atoms with E-state index in [9.17, 15) is 9.59 Å². The van der Waals surface area contributed by atoms with Crippen molar-refractivity contribution in [3.8, 4) is 16.3 Å². The number of hydrogen-bond donors (Lipinski definition) is 1. The number of benzene rings is 2. The second-order valence-electron chi connectivity index (χ2n) is 7.39. The Bertz CT molecular complexity index is 1170. The summed E-state index contributed by atoms with van der Waals surface area (Å²) in [7, 11) is 0. The highest BCUT2D eigenvalue weighted by molar-refractivity contribution is 7.13. The summed E-state index contributed by atoms with van der Waals surface area (Å²) in [5.74, 6) is -1.17. The number of carboxylic acid groups (broad SMARTS) is 1. The Morgan fingerprint density at radius 2 is 1.61 bits per heavy atom. The maximum absolute atomic E-state index is 13.0. The summed E-state index contributed by atoms with van der Waals surface area (Å²) in [5.41, 5.74) is 3.66. The Balaban J connectivity index is 0.00000306. The van der Waals surface area contributed by atoms with Crippen LogP contribution in [0.3, 0.4) is 0 Å². The van der Waals surface area contributed by atoms with Crippen LogP contribution in [-0.2, 0) is 22.7 Å². The topological polar surface area (TPSA) is 75.4 Å². The van der Waals surface area contributed by atoms with Gasteiger partial charge in [-0.15, -0.1) is 11.3 Å². The highest BCUT2D eigenvalue weighted by Gasteiger charge is 2.21. The molecule has 1 N–H and O–H groups in total. The largest absolute Gasteiger partial charge is 0.481 e. The van der Waals surface area contributed by atoms with Gasteiger partial charge in [0.2, 0.25) is 5.91 Å². The third kappa shape index (κ3) is 6.17. The Labute approximate surface area is 197 Å². The molecule has 170 valence electrons. The molecule has 33 heavy (non-hydrogen) atoms. The Morgan fingerprint density at radius 3 is 2.24 bits per heavy atom. The molecule has 4 rings (SSSR count). The molecular weight excluding hydrogens is 434 g/mol. The lowest BCUT2D eigenvalue weighted by atomic mass is 10.1. The van der Waals surface area contributed by atoms with Crippen LogP contribution in [0.15, 0.2) is 84.4 Å². The van der Waals surface area contributed by atoms with Crippen molar-refractivity contribution < 1.29 is 14.7 Å². The van der Waals surface area contributed by atoms with Crippen molar-refractivity contribution in [1.82, 2.24) is 14.7 Å². The maximum Gasteiger partial charge on any atom is 0.303 e. The van der Waals surface area contributed by atoms with Gasteiger partial charge in [-0.05, 0) is 29.1 Å². The molecule has 0 bridgehead atoms. The van der Waals surface area contributed by atoms with Crippen molar-refractivity contribution in [1.29, 1.82) is 0 Å². The van der Waals surface area contributed by atoms with Gasteiger partial charge in [0.1, 0.15) is 5.69 Å². The molecule has 0 unspecified atom stereocenters. The number of amides is 1. The maximum atomic E-state index is 13.0. The number of aromatic nitrogens is 2. The predicted octanol–water partition coefficient (Wildman–Crippen LogP) is 5.63. The van der Waals surface area contributed by atoms with E-state index in [2.05, 4.69) is 0 Å². The number of thiophene rings is 1. The summed E-state index contributed by atoms with van der Waals surface area (Å²) < 4.78 is 1.83. The number of carboxylic acids is 1. The molecule has 2 heterocycles. The highest BCUT2D eigenvalue weighted by atomic mass is 32.1. The Morgan fingerprint density at radius 1 is 0.909 bits per heavy atom. The third-order valence-electron chi connectivity index (χ3n) is 5.05. The number of para-hydroxylation sites is 1. The zero-order valence-corrected chi connectivity index (χ0v) is 18.2. The van der Waals surface area contributed by atoms with Crippen molar-refractivity contribution in [2.75, 3.05) is 0 Å². The molecule has 2 aromatic heterocycles. The van der Waals surface area contributed by atoms with Gasteiger partial charge in [0.25, 0.3) is 0 Å². The predicted molar refractivity (Wildman–Crippen MR) is 131 cm³/mol. The molecule has 0 saturated carbocycles. The molecule has 0 radical (unpaired) electrons. The fourth-order valence-corrected chi connectivity index (χ4v) is 4.22. The minimum Gasteiger partial charge on any atom is -0.481 e. The minimum atomic E-state index is -0.978. The summed E-state index contributed by atoms with van der Waals surface area (Å²) in [6, 6.07) is 23.5. The van der Waals surface area contributed by atoms with E-state index < -0.39 is 5.97 Å². The van der Waals surface area contributed by atoms with Crippen molar-refractivity contribution >= 4 is 23.2 Å².